The standard InChI is InChI=1S/C29H26BrF8NO5S/c30-23-19-9-12-22-26(45(43,44)18-7-5-17(31)6-8-18,13-14-39(22)24(40)15-1-3-16(4-2-15)25(41)42)20(19)10-11-21(23)27(32,28(33,34)35)29(36,37)38/h5-8,10-11,15-16,22H,1-4,9,12-14H2,(H,41,42)/t15?,16?,22-,26-/m1/s1. The van der Waals surface area contributed by atoms with Crippen LogP contribution in [-0.4, -0.2) is 55.2 Å². The minimum atomic E-state index is -6.41. The lowest BCUT2D eigenvalue weighted by molar-refractivity contribution is -0.349. The molecule has 6 nitrogen and oxygen atoms in total. The van der Waals surface area contributed by atoms with E-state index >= 15 is 4.39 Å². The van der Waals surface area contributed by atoms with Gasteiger partial charge in [-0.05, 0) is 80.3 Å². The molecule has 1 saturated heterocycles. The summed E-state index contributed by atoms with van der Waals surface area (Å²) in [5, 5.41) is 9.31. The van der Waals surface area contributed by atoms with Crippen molar-refractivity contribution >= 4 is 37.6 Å². The molecule has 45 heavy (non-hydrogen) atoms. The topological polar surface area (TPSA) is 91.8 Å². The van der Waals surface area contributed by atoms with E-state index in [1.54, 1.807) is 0 Å². The number of fused-ring (bicyclic) bond motifs is 3. The van der Waals surface area contributed by atoms with Gasteiger partial charge in [-0.2, -0.15) is 26.3 Å². The fourth-order valence-corrected chi connectivity index (χ4v) is 10.4. The lowest BCUT2D eigenvalue weighted by Crippen LogP contribution is -2.54. The van der Waals surface area contributed by atoms with Crippen LogP contribution in [0.4, 0.5) is 35.1 Å². The number of carboxylic acids is 1. The number of likely N-dealkylation sites (tertiary alicyclic amines) is 1. The van der Waals surface area contributed by atoms with Crippen LogP contribution in [0, 0.1) is 17.7 Å². The van der Waals surface area contributed by atoms with E-state index in [1.165, 1.54) is 4.90 Å². The van der Waals surface area contributed by atoms with E-state index in [9.17, 15) is 53.8 Å². The predicted octanol–water partition coefficient (Wildman–Crippen LogP) is 6.98. The maximum Gasteiger partial charge on any atom is 0.435 e. The SMILES string of the molecule is O=C(O)C1CCC(C(=O)N2CC[C@@]3(S(=O)(=O)c4ccc(F)cc4)c4ccc(C(F)(C(F)(F)F)C(F)(F)F)c(Br)c4CC[C@@H]23)CC1. The van der Waals surface area contributed by atoms with Crippen molar-refractivity contribution in [2.24, 2.45) is 11.8 Å². The third-order valence-electron chi connectivity index (χ3n) is 9.47. The normalized spacial score (nSPS) is 25.9. The van der Waals surface area contributed by atoms with Gasteiger partial charge in [-0.15, -0.1) is 0 Å². The van der Waals surface area contributed by atoms with Crippen LogP contribution in [0.5, 0.6) is 0 Å². The van der Waals surface area contributed by atoms with E-state index in [4.69, 9.17) is 0 Å². The molecule has 2 aliphatic carbocycles. The molecule has 0 radical (unpaired) electrons. The average molecular weight is 732 g/mol. The van der Waals surface area contributed by atoms with Gasteiger partial charge in [0.15, 0.2) is 9.84 Å². The van der Waals surface area contributed by atoms with Crippen molar-refractivity contribution < 1.29 is 58.2 Å². The number of carboxylic acid groups (broad SMARTS) is 1. The Balaban J connectivity index is 1.66. The monoisotopic (exact) mass is 731 g/mol. The molecule has 5 rings (SSSR count). The van der Waals surface area contributed by atoms with Crippen molar-refractivity contribution in [3.8, 4) is 0 Å². The number of aliphatic carboxylic acids is 1. The Morgan fingerprint density at radius 3 is 1.96 bits per heavy atom. The zero-order valence-corrected chi connectivity index (χ0v) is 25.6. The quantitative estimate of drug-likeness (QED) is 0.265. The average Bonchev–Trinajstić information content (AvgIpc) is 3.37. The number of halogens is 9. The van der Waals surface area contributed by atoms with Gasteiger partial charge in [0, 0.05) is 22.5 Å². The Labute approximate surface area is 260 Å². The minimum Gasteiger partial charge on any atom is -0.481 e. The molecule has 2 fully saturated rings. The lowest BCUT2D eigenvalue weighted by Gasteiger charge is -2.44. The summed E-state index contributed by atoms with van der Waals surface area (Å²) in [6.45, 7) is -0.139. The van der Waals surface area contributed by atoms with E-state index in [0.29, 0.717) is 0 Å². The van der Waals surface area contributed by atoms with Crippen LogP contribution in [-0.2, 0) is 36.3 Å². The number of carbonyl (C=O) groups is 2. The molecule has 1 saturated carbocycles. The van der Waals surface area contributed by atoms with Gasteiger partial charge in [0.1, 0.15) is 10.6 Å². The highest BCUT2D eigenvalue weighted by Gasteiger charge is 2.74. The van der Waals surface area contributed by atoms with Crippen molar-refractivity contribution in [2.75, 3.05) is 6.54 Å². The van der Waals surface area contributed by atoms with Crippen LogP contribution in [0.25, 0.3) is 0 Å². The molecule has 0 unspecified atom stereocenters. The molecule has 16 heteroatoms. The maximum absolute atomic E-state index is 15.2. The smallest absolute Gasteiger partial charge is 0.435 e. The summed E-state index contributed by atoms with van der Waals surface area (Å²) in [5.74, 6) is -3.44. The van der Waals surface area contributed by atoms with Crippen LogP contribution in [0.15, 0.2) is 45.8 Å². The molecule has 2 atom stereocenters. The summed E-state index contributed by atoms with van der Waals surface area (Å²) in [5.41, 5.74) is -8.02. The Hall–Kier alpha value is -2.75. The van der Waals surface area contributed by atoms with Crippen molar-refractivity contribution in [1.82, 2.24) is 4.90 Å². The molecule has 2 aromatic rings. The number of amides is 1. The highest BCUT2D eigenvalue weighted by molar-refractivity contribution is 9.10. The molecule has 0 aromatic heterocycles. The van der Waals surface area contributed by atoms with Gasteiger partial charge in [0.05, 0.1) is 16.9 Å². The van der Waals surface area contributed by atoms with E-state index in [2.05, 4.69) is 15.9 Å². The van der Waals surface area contributed by atoms with E-state index in [0.717, 1.165) is 30.3 Å². The Morgan fingerprint density at radius 2 is 1.42 bits per heavy atom. The third-order valence-corrected chi connectivity index (χ3v) is 12.9. The highest BCUT2D eigenvalue weighted by atomic mass is 79.9. The van der Waals surface area contributed by atoms with Crippen molar-refractivity contribution in [2.45, 2.75) is 78.7 Å². The number of sulfone groups is 1. The largest absolute Gasteiger partial charge is 0.481 e. The lowest BCUT2D eigenvalue weighted by atomic mass is 9.76. The second-order valence-electron chi connectivity index (χ2n) is 11.7. The van der Waals surface area contributed by atoms with Crippen LogP contribution in [0.2, 0.25) is 0 Å². The Morgan fingerprint density at radius 1 is 0.867 bits per heavy atom. The summed E-state index contributed by atoms with van der Waals surface area (Å²) in [6.07, 6.45) is -12.7. The maximum atomic E-state index is 15.2. The molecule has 0 spiro atoms. The zero-order chi connectivity index (χ0) is 33.3. The molecule has 3 aliphatic rings. The molecule has 246 valence electrons. The van der Waals surface area contributed by atoms with Gasteiger partial charge in [-0.1, -0.05) is 28.1 Å². The van der Waals surface area contributed by atoms with Crippen LogP contribution >= 0.6 is 15.9 Å². The zero-order valence-electron chi connectivity index (χ0n) is 23.2. The Bertz CT molecular complexity index is 1610. The molecule has 0 bridgehead atoms. The first-order valence-electron chi connectivity index (χ1n) is 14.0. The first-order valence-corrected chi connectivity index (χ1v) is 16.2. The molecule has 2 aromatic carbocycles. The van der Waals surface area contributed by atoms with Gasteiger partial charge >= 0.3 is 24.0 Å². The minimum absolute atomic E-state index is 0.139. The molecule has 1 heterocycles. The van der Waals surface area contributed by atoms with Crippen LogP contribution in [0.3, 0.4) is 0 Å². The number of nitrogens with zero attached hydrogens (tertiary/aromatic N) is 1. The number of hydrogen-bond acceptors (Lipinski definition) is 4. The number of hydrogen-bond donors (Lipinski definition) is 1. The molecular formula is C29H26BrF8NO5S. The molecule has 1 aliphatic heterocycles. The summed E-state index contributed by atoms with van der Waals surface area (Å²) in [4.78, 5) is 26.1. The number of benzene rings is 2. The molecule has 1 amide bonds. The number of rotatable bonds is 5. The van der Waals surface area contributed by atoms with Crippen LogP contribution < -0.4 is 0 Å². The predicted molar refractivity (Wildman–Crippen MR) is 146 cm³/mol. The first-order chi connectivity index (χ1) is 20.8. The molecular weight excluding hydrogens is 706 g/mol. The van der Waals surface area contributed by atoms with Crippen molar-refractivity contribution in [3.63, 3.8) is 0 Å². The molecule has 1 N–H and O–H groups in total. The van der Waals surface area contributed by atoms with Crippen molar-refractivity contribution in [1.29, 1.82) is 0 Å². The third kappa shape index (κ3) is 5.04. The van der Waals surface area contributed by atoms with Crippen LogP contribution in [0.1, 0.15) is 55.2 Å². The van der Waals surface area contributed by atoms with Gasteiger partial charge in [0.25, 0.3) is 0 Å². The fourth-order valence-electron chi connectivity index (χ4n) is 7.21. The van der Waals surface area contributed by atoms with E-state index in [1.807, 2.05) is 0 Å². The van der Waals surface area contributed by atoms with Gasteiger partial charge in [-0.25, -0.2) is 17.2 Å². The fraction of sp³-hybridized carbons (Fsp3) is 0.517. The van der Waals surface area contributed by atoms with E-state index in [-0.39, 0.29) is 73.6 Å². The van der Waals surface area contributed by atoms with Gasteiger partial charge in [-0.3, -0.25) is 9.59 Å². The summed E-state index contributed by atoms with van der Waals surface area (Å²) in [7, 11) is -4.63. The Kier molecular flexibility index (Phi) is 8.36. The first kappa shape index (κ1) is 33.6. The number of alkyl halides is 7. The van der Waals surface area contributed by atoms with Crippen molar-refractivity contribution in [3.05, 3.63) is 63.4 Å². The highest BCUT2D eigenvalue weighted by Crippen LogP contribution is 2.59. The summed E-state index contributed by atoms with van der Waals surface area (Å²) < 4.78 is 137. The number of carbonyl (C=O) groups excluding carboxylic acids is 1. The second kappa shape index (κ2) is 11.2. The van der Waals surface area contributed by atoms with Gasteiger partial charge in [0.2, 0.25) is 5.91 Å². The van der Waals surface area contributed by atoms with Gasteiger partial charge < -0.3 is 10.0 Å². The second-order valence-corrected chi connectivity index (χ2v) is 14.7. The summed E-state index contributed by atoms with van der Waals surface area (Å²) in [6, 6.07) is 3.61. The summed E-state index contributed by atoms with van der Waals surface area (Å²) >= 11 is 2.75. The van der Waals surface area contributed by atoms with E-state index < -0.39 is 78.2 Å².